The molecule has 0 aliphatic heterocycles. The maximum atomic E-state index is 11.5. The van der Waals surface area contributed by atoms with E-state index in [-0.39, 0.29) is 18.6 Å². The van der Waals surface area contributed by atoms with Crippen LogP contribution in [0.15, 0.2) is 0 Å². The lowest BCUT2D eigenvalue weighted by Gasteiger charge is -2.32. The van der Waals surface area contributed by atoms with Gasteiger partial charge < -0.3 is 15.8 Å². The smallest absolute Gasteiger partial charge is 0.239 e. The van der Waals surface area contributed by atoms with Crippen molar-refractivity contribution in [2.45, 2.75) is 38.3 Å². The average Bonchev–Trinajstić information content (AvgIpc) is 2.00. The van der Waals surface area contributed by atoms with Gasteiger partial charge in [0.15, 0.2) is 0 Å². The van der Waals surface area contributed by atoms with Crippen molar-refractivity contribution < 1.29 is 9.53 Å². The summed E-state index contributed by atoms with van der Waals surface area (Å²) in [5.74, 6) is 0.542. The van der Waals surface area contributed by atoms with Crippen molar-refractivity contribution in [3.05, 3.63) is 0 Å². The van der Waals surface area contributed by atoms with Crippen LogP contribution in [0.4, 0.5) is 0 Å². The van der Waals surface area contributed by atoms with Gasteiger partial charge in [-0.15, -0.1) is 0 Å². The lowest BCUT2D eigenvalue weighted by Crippen LogP contribution is -2.49. The second-order valence-electron chi connectivity index (χ2n) is 4.05. The van der Waals surface area contributed by atoms with Crippen LogP contribution < -0.4 is 11.1 Å². The maximum Gasteiger partial charge on any atom is 0.239 e. The minimum Gasteiger partial charge on any atom is -0.383 e. The molecule has 1 amide bonds. The molecule has 2 atom stereocenters. The third-order valence-electron chi connectivity index (χ3n) is 2.91. The molecule has 0 spiro atoms. The molecule has 1 fully saturated rings. The van der Waals surface area contributed by atoms with E-state index in [1.807, 2.05) is 6.92 Å². The third kappa shape index (κ3) is 2.96. The number of rotatable bonds is 5. The molecule has 4 nitrogen and oxygen atoms in total. The predicted molar refractivity (Wildman–Crippen MR) is 54.8 cm³/mol. The van der Waals surface area contributed by atoms with Crippen LogP contribution in [0, 0.1) is 5.92 Å². The Hall–Kier alpha value is -0.610. The van der Waals surface area contributed by atoms with Crippen molar-refractivity contribution in [1.29, 1.82) is 0 Å². The fourth-order valence-electron chi connectivity index (χ4n) is 1.64. The highest BCUT2D eigenvalue weighted by Gasteiger charge is 2.26. The van der Waals surface area contributed by atoms with E-state index in [1.54, 1.807) is 7.11 Å². The second-order valence-corrected chi connectivity index (χ2v) is 4.05. The summed E-state index contributed by atoms with van der Waals surface area (Å²) in [4.78, 5) is 11.5. The summed E-state index contributed by atoms with van der Waals surface area (Å²) < 4.78 is 4.82. The van der Waals surface area contributed by atoms with E-state index in [9.17, 15) is 4.79 Å². The Morgan fingerprint density at radius 2 is 2.29 bits per heavy atom. The van der Waals surface area contributed by atoms with Crippen LogP contribution in [0.1, 0.15) is 26.2 Å². The molecule has 0 aromatic heterocycles. The van der Waals surface area contributed by atoms with E-state index in [1.165, 1.54) is 19.3 Å². The molecule has 4 heteroatoms. The highest BCUT2D eigenvalue weighted by atomic mass is 16.5. The Balaban J connectivity index is 2.24. The first-order valence-electron chi connectivity index (χ1n) is 5.20. The van der Waals surface area contributed by atoms with Gasteiger partial charge >= 0.3 is 0 Å². The number of ether oxygens (including phenoxy) is 1. The van der Waals surface area contributed by atoms with Gasteiger partial charge in [-0.2, -0.15) is 0 Å². The summed E-state index contributed by atoms with van der Waals surface area (Å²) in [5, 5.41) is 2.92. The monoisotopic (exact) mass is 200 g/mol. The summed E-state index contributed by atoms with van der Waals surface area (Å²) in [7, 11) is 1.54. The Kier molecular flexibility index (Phi) is 4.35. The largest absolute Gasteiger partial charge is 0.383 e. The van der Waals surface area contributed by atoms with E-state index < -0.39 is 6.04 Å². The number of hydrogen-bond donors (Lipinski definition) is 2. The first kappa shape index (κ1) is 11.5. The fourth-order valence-corrected chi connectivity index (χ4v) is 1.64. The third-order valence-corrected chi connectivity index (χ3v) is 2.91. The molecule has 0 heterocycles. The molecule has 1 rings (SSSR count). The zero-order valence-corrected chi connectivity index (χ0v) is 8.95. The highest BCUT2D eigenvalue weighted by Crippen LogP contribution is 2.29. The second kappa shape index (κ2) is 5.32. The molecule has 3 N–H and O–H groups in total. The quantitative estimate of drug-likeness (QED) is 0.669. The molecule has 1 saturated carbocycles. The summed E-state index contributed by atoms with van der Waals surface area (Å²) in [6.07, 6.45) is 3.73. The SMILES string of the molecule is COCC(N)C(=O)NC(C)C1CCC1. The lowest BCUT2D eigenvalue weighted by atomic mass is 9.80. The molecule has 2 unspecified atom stereocenters. The zero-order valence-electron chi connectivity index (χ0n) is 8.95. The zero-order chi connectivity index (χ0) is 10.6. The summed E-state index contributed by atoms with van der Waals surface area (Å²) in [6, 6.07) is -0.290. The number of nitrogens with two attached hydrogens (primary N) is 1. The highest BCUT2D eigenvalue weighted by molar-refractivity contribution is 5.81. The van der Waals surface area contributed by atoms with Gasteiger partial charge in [0.25, 0.3) is 0 Å². The molecule has 0 saturated heterocycles. The molecule has 14 heavy (non-hydrogen) atoms. The molecule has 82 valence electrons. The Bertz CT molecular complexity index is 193. The molecular weight excluding hydrogens is 180 g/mol. The van der Waals surface area contributed by atoms with Gasteiger partial charge in [0.1, 0.15) is 6.04 Å². The standard InChI is InChI=1S/C10H20N2O2/c1-7(8-4-3-5-8)12-10(13)9(11)6-14-2/h7-9H,3-6,11H2,1-2H3,(H,12,13). The first-order valence-corrected chi connectivity index (χ1v) is 5.20. The summed E-state index contributed by atoms with van der Waals surface area (Å²) >= 11 is 0. The number of carbonyl (C=O) groups excluding carboxylic acids is 1. The molecule has 0 radical (unpaired) electrons. The van der Waals surface area contributed by atoms with Crippen molar-refractivity contribution in [3.8, 4) is 0 Å². The summed E-state index contributed by atoms with van der Waals surface area (Å²) in [6.45, 7) is 2.32. The fraction of sp³-hybridized carbons (Fsp3) is 0.900. The topological polar surface area (TPSA) is 64.3 Å². The Morgan fingerprint density at radius 1 is 1.64 bits per heavy atom. The van der Waals surface area contributed by atoms with Crippen molar-refractivity contribution >= 4 is 5.91 Å². The molecule has 1 aliphatic rings. The van der Waals surface area contributed by atoms with Gasteiger partial charge in [0.05, 0.1) is 6.61 Å². The van der Waals surface area contributed by atoms with Crippen LogP contribution in [0.5, 0.6) is 0 Å². The van der Waals surface area contributed by atoms with Crippen LogP contribution in [0.2, 0.25) is 0 Å². The van der Waals surface area contributed by atoms with Crippen LogP contribution in [-0.2, 0) is 9.53 Å². The molecule has 0 bridgehead atoms. The number of nitrogens with one attached hydrogen (secondary N) is 1. The number of methoxy groups -OCH3 is 1. The molecular formula is C10H20N2O2. The van der Waals surface area contributed by atoms with Gasteiger partial charge in [-0.1, -0.05) is 6.42 Å². The van der Waals surface area contributed by atoms with Crippen LogP contribution in [0.25, 0.3) is 0 Å². The Morgan fingerprint density at radius 3 is 2.71 bits per heavy atom. The average molecular weight is 200 g/mol. The van der Waals surface area contributed by atoms with Gasteiger partial charge in [-0.05, 0) is 25.7 Å². The lowest BCUT2D eigenvalue weighted by molar-refractivity contribution is -0.124. The Labute approximate surface area is 85.2 Å². The van der Waals surface area contributed by atoms with Crippen molar-refractivity contribution in [3.63, 3.8) is 0 Å². The van der Waals surface area contributed by atoms with Gasteiger partial charge in [0, 0.05) is 13.2 Å². The number of amides is 1. The van der Waals surface area contributed by atoms with Crippen molar-refractivity contribution in [2.24, 2.45) is 11.7 Å². The van der Waals surface area contributed by atoms with E-state index in [0.29, 0.717) is 5.92 Å². The van der Waals surface area contributed by atoms with E-state index in [2.05, 4.69) is 5.32 Å². The first-order chi connectivity index (χ1) is 6.65. The molecule has 0 aromatic rings. The summed E-state index contributed by atoms with van der Waals surface area (Å²) in [5.41, 5.74) is 5.60. The maximum absolute atomic E-state index is 11.5. The normalized spacial score (nSPS) is 21.1. The molecule has 1 aliphatic carbocycles. The van der Waals surface area contributed by atoms with Gasteiger partial charge in [0.2, 0.25) is 5.91 Å². The minimum atomic E-state index is -0.539. The van der Waals surface area contributed by atoms with E-state index >= 15 is 0 Å². The van der Waals surface area contributed by atoms with E-state index in [4.69, 9.17) is 10.5 Å². The van der Waals surface area contributed by atoms with Crippen molar-refractivity contribution in [1.82, 2.24) is 5.32 Å². The van der Waals surface area contributed by atoms with Gasteiger partial charge in [-0.3, -0.25) is 4.79 Å². The minimum absolute atomic E-state index is 0.105. The van der Waals surface area contributed by atoms with Crippen molar-refractivity contribution in [2.75, 3.05) is 13.7 Å². The molecule has 0 aromatic carbocycles. The van der Waals surface area contributed by atoms with Crippen LogP contribution in [-0.4, -0.2) is 31.7 Å². The number of hydrogen-bond acceptors (Lipinski definition) is 3. The van der Waals surface area contributed by atoms with E-state index in [0.717, 1.165) is 0 Å². The predicted octanol–water partition coefficient (Wildman–Crippen LogP) is 0.265. The van der Waals surface area contributed by atoms with Crippen LogP contribution >= 0.6 is 0 Å². The van der Waals surface area contributed by atoms with Gasteiger partial charge in [-0.25, -0.2) is 0 Å². The van der Waals surface area contributed by atoms with Crippen LogP contribution in [0.3, 0.4) is 0 Å². The number of carbonyl (C=O) groups is 1.